The number of phenols is 2. The van der Waals surface area contributed by atoms with Gasteiger partial charge in [0.1, 0.15) is 23.0 Å². The number of aromatic hydroxyl groups is 2. The van der Waals surface area contributed by atoms with Crippen molar-refractivity contribution in [2.24, 2.45) is 10.9 Å². The summed E-state index contributed by atoms with van der Waals surface area (Å²) < 4.78 is 0. The Morgan fingerprint density at radius 1 is 1.24 bits per heavy atom. The van der Waals surface area contributed by atoms with Crippen LogP contribution in [0.4, 0.5) is 0 Å². The Morgan fingerprint density at radius 2 is 1.97 bits per heavy atom. The zero-order chi connectivity index (χ0) is 20.7. The molecule has 2 aliphatic rings. The lowest BCUT2D eigenvalue weighted by molar-refractivity contribution is 0.0693. The number of phenolic OH excluding ortho intramolecular Hbond substituents is 1. The van der Waals surface area contributed by atoms with E-state index in [9.17, 15) is 25.4 Å². The van der Waals surface area contributed by atoms with Gasteiger partial charge in [-0.2, -0.15) is 5.26 Å². The summed E-state index contributed by atoms with van der Waals surface area (Å²) in [6.45, 7) is 2.24. The number of nitrogens with one attached hydrogen (secondary N) is 1. The van der Waals surface area contributed by atoms with E-state index >= 15 is 0 Å². The number of rotatable bonds is 3. The predicted octanol–water partition coefficient (Wildman–Crippen LogP) is 2.32. The lowest BCUT2D eigenvalue weighted by Crippen LogP contribution is -2.40. The van der Waals surface area contributed by atoms with Gasteiger partial charge in [0.25, 0.3) is 0 Å². The lowest BCUT2D eigenvalue weighted by Gasteiger charge is -2.34. The van der Waals surface area contributed by atoms with Gasteiger partial charge in [-0.1, -0.05) is 6.07 Å². The summed E-state index contributed by atoms with van der Waals surface area (Å²) in [5.74, 6) is -1.89. The summed E-state index contributed by atoms with van der Waals surface area (Å²) in [7, 11) is 0. The van der Waals surface area contributed by atoms with Crippen molar-refractivity contribution < 1.29 is 20.1 Å². The molecule has 4 N–H and O–H groups in total. The highest BCUT2D eigenvalue weighted by Crippen LogP contribution is 2.38. The molecule has 0 bridgehead atoms. The minimum absolute atomic E-state index is 0.129. The van der Waals surface area contributed by atoms with Crippen LogP contribution in [0.1, 0.15) is 28.4 Å². The van der Waals surface area contributed by atoms with Crippen LogP contribution in [-0.2, 0) is 0 Å². The minimum Gasteiger partial charge on any atom is -0.508 e. The quantitative estimate of drug-likeness (QED) is 0.633. The number of hydrazine groups is 1. The van der Waals surface area contributed by atoms with Crippen molar-refractivity contribution in [1.29, 1.82) is 5.26 Å². The Morgan fingerprint density at radius 3 is 2.62 bits per heavy atom. The number of fused-ring (bicyclic) bond motifs is 1. The summed E-state index contributed by atoms with van der Waals surface area (Å²) >= 11 is 0. The Labute approximate surface area is 166 Å². The van der Waals surface area contributed by atoms with E-state index < -0.39 is 18.1 Å². The molecule has 2 aromatic carbocycles. The number of aliphatic imine (C=N–C) groups is 1. The number of carbonyl (C=O) groups is 1. The van der Waals surface area contributed by atoms with Gasteiger partial charge < -0.3 is 15.3 Å². The van der Waals surface area contributed by atoms with Crippen LogP contribution in [-0.4, -0.2) is 44.7 Å². The van der Waals surface area contributed by atoms with Crippen molar-refractivity contribution in [3.8, 4) is 17.6 Å². The number of nitriles is 1. The average Bonchev–Trinajstić information content (AvgIpc) is 3.11. The molecule has 1 saturated heterocycles. The molecular weight excluding hydrogens is 372 g/mol. The van der Waals surface area contributed by atoms with Crippen LogP contribution in [0.25, 0.3) is 5.70 Å². The van der Waals surface area contributed by atoms with E-state index in [2.05, 4.69) is 11.5 Å². The molecule has 2 aliphatic heterocycles. The third-order valence-corrected chi connectivity index (χ3v) is 5.15. The number of hydrogen-bond acceptors (Lipinski definition) is 7. The minimum atomic E-state index is -1.24. The van der Waals surface area contributed by atoms with Crippen molar-refractivity contribution in [2.75, 3.05) is 6.54 Å². The van der Waals surface area contributed by atoms with Crippen LogP contribution >= 0.6 is 0 Å². The van der Waals surface area contributed by atoms with E-state index in [1.807, 2.05) is 11.9 Å². The Bertz CT molecular complexity index is 1100. The highest BCUT2D eigenvalue weighted by molar-refractivity contribution is 6.19. The van der Waals surface area contributed by atoms with Crippen molar-refractivity contribution in [3.05, 3.63) is 64.7 Å². The van der Waals surface area contributed by atoms with E-state index in [1.165, 1.54) is 6.07 Å². The fourth-order valence-corrected chi connectivity index (χ4v) is 3.72. The molecule has 29 heavy (non-hydrogen) atoms. The number of para-hydroxylation sites is 1. The molecule has 146 valence electrons. The second-order valence-electron chi connectivity index (χ2n) is 6.89. The number of hydrogen-bond donors (Lipinski definition) is 4. The molecule has 0 aliphatic carbocycles. The van der Waals surface area contributed by atoms with Crippen LogP contribution in [0.15, 0.2) is 53.0 Å². The number of carboxylic acid groups (broad SMARTS) is 1. The van der Waals surface area contributed by atoms with Crippen molar-refractivity contribution >= 4 is 17.4 Å². The highest BCUT2D eigenvalue weighted by atomic mass is 16.4. The predicted molar refractivity (Wildman–Crippen MR) is 105 cm³/mol. The molecule has 0 aromatic heterocycles. The molecule has 1 fully saturated rings. The molecule has 2 unspecified atom stereocenters. The van der Waals surface area contributed by atoms with Crippen LogP contribution in [0.5, 0.6) is 11.5 Å². The SMILES string of the molecule is CC1=C(c2ccc(O)cc2)N2NCC(C#N)C2N=C1c1cccc(C(=O)O)c1O. The molecule has 0 radical (unpaired) electrons. The molecular formula is C21H18N4O4. The van der Waals surface area contributed by atoms with Gasteiger partial charge >= 0.3 is 5.97 Å². The fourth-order valence-electron chi connectivity index (χ4n) is 3.72. The monoisotopic (exact) mass is 390 g/mol. The summed E-state index contributed by atoms with van der Waals surface area (Å²) in [5.41, 5.74) is 5.95. The lowest BCUT2D eigenvalue weighted by atomic mass is 9.93. The highest BCUT2D eigenvalue weighted by Gasteiger charge is 2.40. The summed E-state index contributed by atoms with van der Waals surface area (Å²) in [5, 5.41) is 40.9. The molecule has 8 heteroatoms. The number of allylic oxidation sites excluding steroid dienone is 1. The molecule has 0 saturated carbocycles. The molecule has 4 rings (SSSR count). The second-order valence-corrected chi connectivity index (χ2v) is 6.89. The van der Waals surface area contributed by atoms with Gasteiger partial charge in [0.05, 0.1) is 17.5 Å². The summed E-state index contributed by atoms with van der Waals surface area (Å²) in [6, 6.07) is 13.4. The normalized spacial score (nSPS) is 20.8. The number of aromatic carboxylic acids is 1. The number of nitrogens with zero attached hydrogens (tertiary/aromatic N) is 3. The van der Waals surface area contributed by atoms with E-state index in [0.717, 1.165) is 11.3 Å². The van der Waals surface area contributed by atoms with Gasteiger partial charge in [0.15, 0.2) is 6.17 Å². The smallest absolute Gasteiger partial charge is 0.339 e. The number of benzene rings is 2. The van der Waals surface area contributed by atoms with E-state index in [4.69, 9.17) is 4.99 Å². The Balaban J connectivity index is 1.93. The first-order chi connectivity index (χ1) is 13.9. The Hall–Kier alpha value is -3.83. The van der Waals surface area contributed by atoms with Crippen LogP contribution in [0.3, 0.4) is 0 Å². The second kappa shape index (κ2) is 6.96. The van der Waals surface area contributed by atoms with Gasteiger partial charge in [-0.25, -0.2) is 10.2 Å². The molecule has 8 nitrogen and oxygen atoms in total. The molecule has 0 amide bonds. The third kappa shape index (κ3) is 2.98. The third-order valence-electron chi connectivity index (χ3n) is 5.15. The first kappa shape index (κ1) is 18.5. The van der Waals surface area contributed by atoms with Gasteiger partial charge in [-0.3, -0.25) is 10.0 Å². The van der Waals surface area contributed by atoms with Crippen molar-refractivity contribution in [1.82, 2.24) is 10.4 Å². The Kier molecular flexibility index (Phi) is 4.45. The van der Waals surface area contributed by atoms with E-state index in [0.29, 0.717) is 23.4 Å². The molecule has 2 aromatic rings. The number of carboxylic acids is 1. The van der Waals surface area contributed by atoms with Crippen LogP contribution in [0, 0.1) is 17.2 Å². The zero-order valence-electron chi connectivity index (χ0n) is 15.5. The first-order valence-electron chi connectivity index (χ1n) is 8.98. The largest absolute Gasteiger partial charge is 0.508 e. The molecule has 2 atom stereocenters. The summed E-state index contributed by atoms with van der Waals surface area (Å²) in [4.78, 5) is 16.1. The zero-order valence-corrected chi connectivity index (χ0v) is 15.5. The maximum absolute atomic E-state index is 11.4. The van der Waals surface area contributed by atoms with Crippen molar-refractivity contribution in [2.45, 2.75) is 13.1 Å². The van der Waals surface area contributed by atoms with Gasteiger partial charge in [-0.15, -0.1) is 0 Å². The van der Waals surface area contributed by atoms with Gasteiger partial charge in [0, 0.05) is 17.7 Å². The standard InChI is InChI=1S/C21H18N4O4/c1-11-17(15-3-2-4-16(19(15)27)21(28)29)24-20-13(9-22)10-23-25(20)18(11)12-5-7-14(26)8-6-12/h2-8,13,20,23,26-27H,10H2,1H3,(H,28,29). The van der Waals surface area contributed by atoms with Crippen LogP contribution in [0.2, 0.25) is 0 Å². The fraction of sp³-hybridized carbons (Fsp3) is 0.190. The molecule has 0 spiro atoms. The van der Waals surface area contributed by atoms with Gasteiger partial charge in [0.2, 0.25) is 0 Å². The van der Waals surface area contributed by atoms with Gasteiger partial charge in [-0.05, 0) is 48.9 Å². The first-order valence-corrected chi connectivity index (χ1v) is 8.98. The molecule has 2 heterocycles. The summed E-state index contributed by atoms with van der Waals surface area (Å²) in [6.07, 6.45) is -0.532. The topological polar surface area (TPSA) is 129 Å². The van der Waals surface area contributed by atoms with E-state index in [-0.39, 0.29) is 17.1 Å². The average molecular weight is 390 g/mol. The maximum Gasteiger partial charge on any atom is 0.339 e. The van der Waals surface area contributed by atoms with E-state index in [1.54, 1.807) is 36.4 Å². The maximum atomic E-state index is 11.4. The van der Waals surface area contributed by atoms with Crippen LogP contribution < -0.4 is 5.43 Å². The van der Waals surface area contributed by atoms with Crippen molar-refractivity contribution in [3.63, 3.8) is 0 Å².